The zero-order chi connectivity index (χ0) is 32.3. The van der Waals surface area contributed by atoms with E-state index in [0.717, 1.165) is 17.2 Å². The summed E-state index contributed by atoms with van der Waals surface area (Å²) in [6.07, 6.45) is -8.57. The smallest absolute Gasteiger partial charge is 0.387 e. The normalized spacial score (nSPS) is 30.7. The van der Waals surface area contributed by atoms with Crippen LogP contribution in [0.15, 0.2) is 22.2 Å². The summed E-state index contributed by atoms with van der Waals surface area (Å²) >= 11 is 7.58. The van der Waals surface area contributed by atoms with Crippen molar-refractivity contribution in [3.05, 3.63) is 33.4 Å². The van der Waals surface area contributed by atoms with E-state index in [1.807, 2.05) is 0 Å². The number of H-pyrrole nitrogens is 2. The van der Waals surface area contributed by atoms with Crippen molar-refractivity contribution in [2.24, 2.45) is 0 Å². The van der Waals surface area contributed by atoms with Crippen molar-refractivity contribution < 1.29 is 46.1 Å². The lowest BCUT2D eigenvalue weighted by Gasteiger charge is -2.32. The molecule has 0 aliphatic carbocycles. The number of halogens is 2. The Morgan fingerprint density at radius 1 is 1.22 bits per heavy atom. The molecule has 20 nitrogen and oxygen atoms in total. The van der Waals surface area contributed by atoms with E-state index >= 15 is 8.78 Å². The zero-order valence-electron chi connectivity index (χ0n) is 22.2. The molecular weight excluding hydrogens is 692 g/mol. The van der Waals surface area contributed by atoms with Gasteiger partial charge in [-0.05, 0) is 0 Å². The van der Waals surface area contributed by atoms with Gasteiger partial charge in [-0.3, -0.25) is 32.8 Å². The topological polar surface area (TPSA) is 267 Å². The van der Waals surface area contributed by atoms with Gasteiger partial charge in [0.2, 0.25) is 18.9 Å². The highest BCUT2D eigenvalue weighted by atomic mass is 32.7. The molecule has 0 spiro atoms. The number of anilines is 1. The summed E-state index contributed by atoms with van der Waals surface area (Å²) in [5.74, 6) is -0.396. The highest BCUT2D eigenvalue weighted by Crippen LogP contribution is 2.59. The zero-order valence-corrected chi connectivity index (χ0v) is 25.9. The SMILES string of the molecule is Nc1nc2c(nnn2[C@@]2(OP(=O)(S)OC[C@H]3O[C@@H](n4cnc5c(=O)[nH]cnc54)[C@@H](F)[C@@H]3O)CO[C@H](CO[PH](=O)S)[C@@H]2F)c(=O)[nH]1. The predicted molar refractivity (Wildman–Crippen MR) is 153 cm³/mol. The second kappa shape index (κ2) is 12.1. The van der Waals surface area contributed by atoms with E-state index in [4.69, 9.17) is 28.8 Å². The fourth-order valence-corrected chi connectivity index (χ4v) is 7.04. The van der Waals surface area contributed by atoms with Crippen LogP contribution in [-0.2, 0) is 37.9 Å². The van der Waals surface area contributed by atoms with Crippen molar-refractivity contribution in [3.8, 4) is 0 Å². The van der Waals surface area contributed by atoms with Crippen molar-refractivity contribution in [2.45, 2.75) is 42.6 Å². The third-order valence-corrected chi connectivity index (χ3v) is 9.34. The minimum Gasteiger partial charge on any atom is -0.387 e. The molecule has 244 valence electrons. The molecule has 0 aromatic carbocycles. The maximum absolute atomic E-state index is 16.2. The monoisotopic (exact) mass is 714 g/mol. The highest BCUT2D eigenvalue weighted by molar-refractivity contribution is 8.44. The Bertz CT molecular complexity index is 1950. The van der Waals surface area contributed by atoms with Crippen LogP contribution in [0.2, 0.25) is 0 Å². The van der Waals surface area contributed by atoms with Gasteiger partial charge in [0.15, 0.2) is 40.9 Å². The van der Waals surface area contributed by atoms with Gasteiger partial charge in [-0.25, -0.2) is 23.3 Å². The third-order valence-electron chi connectivity index (χ3n) is 6.93. The van der Waals surface area contributed by atoms with Gasteiger partial charge in [-0.15, -0.1) is 5.10 Å². The summed E-state index contributed by atoms with van der Waals surface area (Å²) in [7, 11) is -2.82. The lowest BCUT2D eigenvalue weighted by Crippen LogP contribution is -2.47. The Morgan fingerprint density at radius 3 is 2.76 bits per heavy atom. The summed E-state index contributed by atoms with van der Waals surface area (Å²) in [4.78, 5) is 40.6. The van der Waals surface area contributed by atoms with Gasteiger partial charge < -0.3 is 29.8 Å². The summed E-state index contributed by atoms with van der Waals surface area (Å²) in [5, 5.41) is 18.0. The average Bonchev–Trinajstić information content (AvgIpc) is 3.73. The molecule has 5 N–H and O–H groups in total. The van der Waals surface area contributed by atoms with Crippen LogP contribution in [0.5, 0.6) is 0 Å². The summed E-state index contributed by atoms with van der Waals surface area (Å²) in [5.41, 5.74) is 0.766. The molecule has 2 saturated heterocycles. The lowest BCUT2D eigenvalue weighted by atomic mass is 10.1. The number of rotatable bonds is 10. The molecule has 26 heteroatoms. The number of nitrogen functional groups attached to an aromatic ring is 1. The molecule has 2 fully saturated rings. The first-order chi connectivity index (χ1) is 21.3. The summed E-state index contributed by atoms with van der Waals surface area (Å²) in [6, 6.07) is 0. The van der Waals surface area contributed by atoms with Crippen LogP contribution in [0.1, 0.15) is 6.23 Å². The van der Waals surface area contributed by atoms with Crippen LogP contribution in [-0.4, -0.2) is 100 Å². The van der Waals surface area contributed by atoms with Crippen molar-refractivity contribution >= 4 is 66.8 Å². The maximum atomic E-state index is 16.2. The number of aliphatic hydroxyl groups is 1. The van der Waals surface area contributed by atoms with Gasteiger partial charge >= 0.3 is 6.80 Å². The molecule has 4 aromatic heterocycles. The molecule has 6 rings (SSSR count). The van der Waals surface area contributed by atoms with Crippen LogP contribution in [0.4, 0.5) is 14.7 Å². The van der Waals surface area contributed by atoms with E-state index in [2.05, 4.69) is 59.7 Å². The van der Waals surface area contributed by atoms with Crippen LogP contribution in [0.3, 0.4) is 0 Å². The number of nitrogens with zero attached hydrogens (tertiary/aromatic N) is 7. The molecule has 4 aromatic rings. The van der Waals surface area contributed by atoms with Crippen molar-refractivity contribution in [3.63, 3.8) is 0 Å². The number of hydrogen-bond acceptors (Lipinski definition) is 16. The Hall–Kier alpha value is -2.79. The Kier molecular flexibility index (Phi) is 8.65. The first-order valence-corrected chi connectivity index (χ1v) is 17.9. The Morgan fingerprint density at radius 2 is 2.00 bits per heavy atom. The number of aliphatic hydroxyl groups excluding tert-OH is 1. The summed E-state index contributed by atoms with van der Waals surface area (Å²) < 4.78 is 84.8. The fourth-order valence-electron chi connectivity index (χ4n) is 4.87. The lowest BCUT2D eigenvalue weighted by molar-refractivity contribution is -0.0793. The third kappa shape index (κ3) is 5.83. The van der Waals surface area contributed by atoms with Crippen molar-refractivity contribution in [1.29, 1.82) is 0 Å². The van der Waals surface area contributed by atoms with Crippen LogP contribution in [0, 0.1) is 0 Å². The second-order valence-electron chi connectivity index (χ2n) is 9.71. The quantitative estimate of drug-likeness (QED) is 0.0903. The van der Waals surface area contributed by atoms with E-state index in [9.17, 15) is 23.8 Å². The van der Waals surface area contributed by atoms with Gasteiger partial charge in [0.05, 0.1) is 25.9 Å². The number of aromatic nitrogens is 9. The number of imidazole rings is 1. The van der Waals surface area contributed by atoms with Gasteiger partial charge in [0.25, 0.3) is 11.1 Å². The molecule has 2 aliphatic rings. The minimum absolute atomic E-state index is 0.0321. The number of thiol groups is 2. The number of ether oxygens (including phenoxy) is 2. The fraction of sp³-hybridized carbons (Fsp3) is 0.526. The molecule has 2 aliphatic heterocycles. The number of hydrogen-bond donors (Lipinski definition) is 6. The minimum atomic E-state index is -4.74. The average molecular weight is 715 g/mol. The molecule has 0 radical (unpaired) electrons. The van der Waals surface area contributed by atoms with Gasteiger partial charge in [-0.1, -0.05) is 29.7 Å². The van der Waals surface area contributed by atoms with Crippen molar-refractivity contribution in [1.82, 2.24) is 44.5 Å². The van der Waals surface area contributed by atoms with Gasteiger partial charge in [0.1, 0.15) is 24.9 Å². The molecule has 6 heterocycles. The molecule has 0 amide bonds. The van der Waals surface area contributed by atoms with Crippen LogP contribution >= 0.6 is 38.5 Å². The van der Waals surface area contributed by atoms with E-state index in [-0.39, 0.29) is 16.7 Å². The van der Waals surface area contributed by atoms with E-state index in [1.165, 1.54) is 0 Å². The molecular formula is C19H22F2N10O10P2S2. The second-order valence-corrected chi connectivity index (χ2v) is 14.5. The van der Waals surface area contributed by atoms with Crippen LogP contribution < -0.4 is 16.9 Å². The number of nitrogens with one attached hydrogen (secondary N) is 2. The summed E-state index contributed by atoms with van der Waals surface area (Å²) in [6.45, 7) is -6.88. The molecule has 45 heavy (non-hydrogen) atoms. The Labute approximate surface area is 258 Å². The van der Waals surface area contributed by atoms with E-state index < -0.39 is 99.2 Å². The standard InChI is InChI=1S/C19H22F2N10O10P2S2/c20-8-11(32)6(40-17(8)30-5-25-9-13(30)23-4-24-15(9)33)2-39-43(36,45)41-19(3-37-7(12(19)21)1-38-42(35)44)31-14-10(28-29-31)16(34)27-18(22)26-14/h4-8,11-12,17,32,42H,1-3H2,(H,35,44)(H,36,45)(H,23,24,33)(H3,22,26,27,34)/t6-,7-,8+,11-,12+,17-,19-,43?/m1/s1. The van der Waals surface area contributed by atoms with Crippen molar-refractivity contribution in [2.75, 3.05) is 25.6 Å². The van der Waals surface area contributed by atoms with Gasteiger partial charge in [0, 0.05) is 0 Å². The molecule has 0 saturated carbocycles. The molecule has 9 atom stereocenters. The number of nitrogens with two attached hydrogens (primary N) is 1. The van der Waals surface area contributed by atoms with Crippen LogP contribution in [0.25, 0.3) is 22.3 Å². The molecule has 0 bridgehead atoms. The largest absolute Gasteiger partial charge is 0.388 e. The number of alkyl halides is 2. The predicted octanol–water partition coefficient (Wildman–Crippen LogP) is -0.377. The van der Waals surface area contributed by atoms with Gasteiger partial charge in [-0.2, -0.15) is 9.67 Å². The highest BCUT2D eigenvalue weighted by Gasteiger charge is 2.59. The van der Waals surface area contributed by atoms with E-state index in [0.29, 0.717) is 4.68 Å². The maximum Gasteiger partial charge on any atom is 0.388 e. The first-order valence-electron chi connectivity index (χ1n) is 12.6. The number of aromatic amines is 2. The number of fused-ring (bicyclic) bond motifs is 2. The first kappa shape index (κ1) is 32.2. The molecule has 2 unspecified atom stereocenters. The van der Waals surface area contributed by atoms with E-state index in [1.54, 1.807) is 0 Å². The Balaban J connectivity index is 1.26.